The molecule has 1 saturated heterocycles. The first-order chi connectivity index (χ1) is 8.31. The van der Waals surface area contributed by atoms with Crippen LogP contribution in [0.25, 0.3) is 5.65 Å². The molecule has 1 unspecified atom stereocenters. The zero-order valence-electron chi connectivity index (χ0n) is 9.27. The summed E-state index contributed by atoms with van der Waals surface area (Å²) in [5.41, 5.74) is 0.786. The van der Waals surface area contributed by atoms with Gasteiger partial charge in [0.2, 0.25) is 5.95 Å². The molecule has 0 amide bonds. The van der Waals surface area contributed by atoms with Gasteiger partial charge in [-0.25, -0.2) is 4.52 Å². The average molecular weight is 253 g/mol. The standard InChI is InChI=1S/C11H13ClN4O/c12-8-3-4-10-14-11(15-16(10)6-8)13-9-2-1-5-17-7-9/h3-4,6,9H,1-2,5,7H2,(H,13,15). The van der Waals surface area contributed by atoms with Gasteiger partial charge < -0.3 is 10.1 Å². The van der Waals surface area contributed by atoms with E-state index in [1.54, 1.807) is 16.8 Å². The highest BCUT2D eigenvalue weighted by Gasteiger charge is 2.15. The first-order valence-electron chi connectivity index (χ1n) is 5.67. The second-order valence-corrected chi connectivity index (χ2v) is 4.58. The molecule has 0 bridgehead atoms. The molecule has 1 aliphatic rings. The Balaban J connectivity index is 1.80. The molecule has 1 aliphatic heterocycles. The van der Waals surface area contributed by atoms with Gasteiger partial charge in [0.25, 0.3) is 0 Å². The normalized spacial score (nSPS) is 20.6. The highest BCUT2D eigenvalue weighted by molar-refractivity contribution is 6.30. The van der Waals surface area contributed by atoms with Gasteiger partial charge in [0, 0.05) is 12.8 Å². The Morgan fingerprint density at radius 1 is 1.47 bits per heavy atom. The quantitative estimate of drug-likeness (QED) is 0.888. The third-order valence-corrected chi connectivity index (χ3v) is 3.01. The van der Waals surface area contributed by atoms with E-state index in [9.17, 15) is 0 Å². The van der Waals surface area contributed by atoms with Crippen molar-refractivity contribution in [2.75, 3.05) is 18.5 Å². The number of nitrogens with zero attached hydrogens (tertiary/aromatic N) is 3. The Labute approximate surface area is 104 Å². The lowest BCUT2D eigenvalue weighted by atomic mass is 10.1. The van der Waals surface area contributed by atoms with E-state index in [0.29, 0.717) is 17.0 Å². The molecule has 2 aromatic rings. The van der Waals surface area contributed by atoms with Gasteiger partial charge in [0.1, 0.15) is 0 Å². The molecule has 17 heavy (non-hydrogen) atoms. The molecule has 1 N–H and O–H groups in total. The predicted octanol–water partition coefficient (Wildman–Crippen LogP) is 1.97. The lowest BCUT2D eigenvalue weighted by Gasteiger charge is -2.22. The summed E-state index contributed by atoms with van der Waals surface area (Å²) in [6, 6.07) is 3.95. The Hall–Kier alpha value is -1.33. The maximum absolute atomic E-state index is 5.89. The molecule has 0 radical (unpaired) electrons. The third kappa shape index (κ3) is 2.35. The number of nitrogens with one attached hydrogen (secondary N) is 1. The Bertz CT molecular complexity index is 521. The lowest BCUT2D eigenvalue weighted by molar-refractivity contribution is 0.0874. The van der Waals surface area contributed by atoms with Gasteiger partial charge in [-0.1, -0.05) is 11.6 Å². The van der Waals surface area contributed by atoms with Crippen LogP contribution >= 0.6 is 11.6 Å². The summed E-state index contributed by atoms with van der Waals surface area (Å²) in [6.45, 7) is 1.57. The number of hydrogen-bond donors (Lipinski definition) is 1. The molecule has 1 atom stereocenters. The van der Waals surface area contributed by atoms with Crippen molar-refractivity contribution in [3.05, 3.63) is 23.4 Å². The Morgan fingerprint density at radius 3 is 3.24 bits per heavy atom. The van der Waals surface area contributed by atoms with Gasteiger partial charge in [-0.15, -0.1) is 5.10 Å². The smallest absolute Gasteiger partial charge is 0.243 e. The molecule has 0 spiro atoms. The lowest BCUT2D eigenvalue weighted by Crippen LogP contribution is -2.30. The maximum atomic E-state index is 5.89. The monoisotopic (exact) mass is 252 g/mol. The first-order valence-corrected chi connectivity index (χ1v) is 6.05. The molecule has 0 saturated carbocycles. The van der Waals surface area contributed by atoms with Crippen molar-refractivity contribution in [1.29, 1.82) is 0 Å². The second kappa shape index (κ2) is 4.50. The van der Waals surface area contributed by atoms with Crippen LogP contribution in [-0.2, 0) is 4.74 Å². The van der Waals surface area contributed by atoms with Crippen molar-refractivity contribution < 1.29 is 4.74 Å². The van der Waals surface area contributed by atoms with E-state index in [0.717, 1.165) is 31.7 Å². The van der Waals surface area contributed by atoms with Gasteiger partial charge in [-0.3, -0.25) is 0 Å². The number of anilines is 1. The number of ether oxygens (including phenoxy) is 1. The van der Waals surface area contributed by atoms with E-state index in [1.165, 1.54) is 0 Å². The summed E-state index contributed by atoms with van der Waals surface area (Å²) < 4.78 is 7.08. The molecular formula is C11H13ClN4O. The van der Waals surface area contributed by atoms with Gasteiger partial charge in [0.15, 0.2) is 5.65 Å². The molecular weight excluding hydrogens is 240 g/mol. The van der Waals surface area contributed by atoms with Gasteiger partial charge in [0.05, 0.1) is 17.7 Å². The van der Waals surface area contributed by atoms with Crippen molar-refractivity contribution in [3.63, 3.8) is 0 Å². The summed E-state index contributed by atoms with van der Waals surface area (Å²) >= 11 is 5.89. The maximum Gasteiger partial charge on any atom is 0.243 e. The van der Waals surface area contributed by atoms with Crippen LogP contribution in [0.4, 0.5) is 5.95 Å². The van der Waals surface area contributed by atoms with E-state index in [-0.39, 0.29) is 0 Å². The largest absolute Gasteiger partial charge is 0.379 e. The van der Waals surface area contributed by atoms with Crippen LogP contribution in [0.1, 0.15) is 12.8 Å². The fourth-order valence-corrected chi connectivity index (χ4v) is 2.11. The highest BCUT2D eigenvalue weighted by Crippen LogP contribution is 2.14. The number of fused-ring (bicyclic) bond motifs is 1. The molecule has 2 aromatic heterocycles. The van der Waals surface area contributed by atoms with Crippen molar-refractivity contribution in [3.8, 4) is 0 Å². The highest BCUT2D eigenvalue weighted by atomic mass is 35.5. The van der Waals surface area contributed by atoms with Crippen LogP contribution in [0.2, 0.25) is 5.02 Å². The molecule has 3 heterocycles. The number of hydrogen-bond acceptors (Lipinski definition) is 4. The van der Waals surface area contributed by atoms with Gasteiger partial charge >= 0.3 is 0 Å². The van der Waals surface area contributed by atoms with Gasteiger partial charge in [-0.05, 0) is 25.0 Å². The molecule has 5 nitrogen and oxygen atoms in total. The number of halogens is 1. The summed E-state index contributed by atoms with van der Waals surface area (Å²) in [5, 5.41) is 8.25. The van der Waals surface area contributed by atoms with Crippen LogP contribution in [0.5, 0.6) is 0 Å². The molecule has 90 valence electrons. The second-order valence-electron chi connectivity index (χ2n) is 4.14. The summed E-state index contributed by atoms with van der Waals surface area (Å²) in [7, 11) is 0. The first kappa shape index (κ1) is 10.8. The van der Waals surface area contributed by atoms with Crippen molar-refractivity contribution in [2.24, 2.45) is 0 Å². The minimum Gasteiger partial charge on any atom is -0.379 e. The summed E-state index contributed by atoms with van der Waals surface area (Å²) in [5.74, 6) is 0.628. The Kier molecular flexibility index (Phi) is 2.86. The van der Waals surface area contributed by atoms with Gasteiger partial charge in [-0.2, -0.15) is 4.98 Å². The minimum atomic E-state index is 0.302. The fourth-order valence-electron chi connectivity index (χ4n) is 1.96. The van der Waals surface area contributed by atoms with Crippen LogP contribution in [0, 0.1) is 0 Å². The fraction of sp³-hybridized carbons (Fsp3) is 0.455. The van der Waals surface area contributed by atoms with E-state index >= 15 is 0 Å². The molecule has 0 aromatic carbocycles. The third-order valence-electron chi connectivity index (χ3n) is 2.79. The van der Waals surface area contributed by atoms with Crippen molar-refractivity contribution >= 4 is 23.2 Å². The van der Waals surface area contributed by atoms with E-state index < -0.39 is 0 Å². The molecule has 0 aliphatic carbocycles. The molecule has 3 rings (SSSR count). The predicted molar refractivity (Wildman–Crippen MR) is 65.5 cm³/mol. The topological polar surface area (TPSA) is 51.5 Å². The summed E-state index contributed by atoms with van der Waals surface area (Å²) in [4.78, 5) is 4.37. The van der Waals surface area contributed by atoms with E-state index in [2.05, 4.69) is 15.4 Å². The SMILES string of the molecule is Clc1ccc2nc(NC3CCCOC3)nn2c1. The van der Waals surface area contributed by atoms with E-state index in [4.69, 9.17) is 16.3 Å². The molecule has 6 heteroatoms. The van der Waals surface area contributed by atoms with Crippen LogP contribution in [0.15, 0.2) is 18.3 Å². The number of aromatic nitrogens is 3. The van der Waals surface area contributed by atoms with E-state index in [1.807, 2.05) is 6.07 Å². The zero-order valence-corrected chi connectivity index (χ0v) is 10.0. The Morgan fingerprint density at radius 2 is 2.41 bits per heavy atom. The van der Waals surface area contributed by atoms with Crippen LogP contribution in [-0.4, -0.2) is 33.9 Å². The summed E-state index contributed by atoms with van der Waals surface area (Å²) in [6.07, 6.45) is 3.92. The minimum absolute atomic E-state index is 0.302. The van der Waals surface area contributed by atoms with Crippen LogP contribution in [0.3, 0.4) is 0 Å². The molecule has 1 fully saturated rings. The van der Waals surface area contributed by atoms with Crippen molar-refractivity contribution in [2.45, 2.75) is 18.9 Å². The number of pyridine rings is 1. The van der Waals surface area contributed by atoms with Crippen LogP contribution < -0.4 is 5.32 Å². The van der Waals surface area contributed by atoms with Crippen molar-refractivity contribution in [1.82, 2.24) is 14.6 Å². The number of rotatable bonds is 2. The zero-order chi connectivity index (χ0) is 11.7. The average Bonchev–Trinajstić information content (AvgIpc) is 2.71.